The number of hydrogen-bond acceptors (Lipinski definition) is 5. The Morgan fingerprint density at radius 3 is 2.80 bits per heavy atom. The Balaban J connectivity index is 1.60. The summed E-state index contributed by atoms with van der Waals surface area (Å²) in [6, 6.07) is 5.73. The number of aryl methyl sites for hydroxylation is 1. The van der Waals surface area contributed by atoms with Gasteiger partial charge < -0.3 is 9.73 Å². The van der Waals surface area contributed by atoms with E-state index < -0.39 is 11.6 Å². The molecule has 0 aliphatic heterocycles. The SMILES string of the molecule is O=C(CCc1ncc(-c2ccc(F)cc2F)o1)Nc1ccc(=O)[nH]n1. The molecule has 2 heterocycles. The molecular weight excluding hydrogens is 334 g/mol. The lowest BCUT2D eigenvalue weighted by Crippen LogP contribution is -2.16. The van der Waals surface area contributed by atoms with Crippen LogP contribution in [0, 0.1) is 11.6 Å². The van der Waals surface area contributed by atoms with Crippen LogP contribution in [0.25, 0.3) is 11.3 Å². The van der Waals surface area contributed by atoms with E-state index in [4.69, 9.17) is 4.42 Å². The zero-order chi connectivity index (χ0) is 17.8. The summed E-state index contributed by atoms with van der Waals surface area (Å²) in [6.07, 6.45) is 1.54. The van der Waals surface area contributed by atoms with Crippen LogP contribution in [0.5, 0.6) is 0 Å². The highest BCUT2D eigenvalue weighted by Crippen LogP contribution is 2.24. The number of carbonyl (C=O) groups is 1. The fraction of sp³-hybridized carbons (Fsp3) is 0.125. The molecule has 0 radical (unpaired) electrons. The van der Waals surface area contributed by atoms with Gasteiger partial charge in [0.15, 0.2) is 17.5 Å². The summed E-state index contributed by atoms with van der Waals surface area (Å²) >= 11 is 0. The van der Waals surface area contributed by atoms with Crippen molar-refractivity contribution in [3.8, 4) is 11.3 Å². The Morgan fingerprint density at radius 1 is 1.24 bits per heavy atom. The number of halogens is 2. The summed E-state index contributed by atoms with van der Waals surface area (Å²) in [7, 11) is 0. The number of hydrogen-bond donors (Lipinski definition) is 2. The number of oxazole rings is 1. The highest BCUT2D eigenvalue weighted by molar-refractivity contribution is 5.89. The minimum Gasteiger partial charge on any atom is -0.441 e. The number of nitrogens with one attached hydrogen (secondary N) is 2. The number of benzene rings is 1. The molecule has 2 aromatic heterocycles. The van der Waals surface area contributed by atoms with Crippen LogP contribution >= 0.6 is 0 Å². The first-order valence-electron chi connectivity index (χ1n) is 7.27. The average Bonchev–Trinajstić information content (AvgIpc) is 3.04. The molecule has 9 heteroatoms. The van der Waals surface area contributed by atoms with Gasteiger partial charge in [-0.2, -0.15) is 5.10 Å². The van der Waals surface area contributed by atoms with E-state index >= 15 is 0 Å². The van der Waals surface area contributed by atoms with E-state index in [0.29, 0.717) is 0 Å². The molecule has 0 saturated heterocycles. The number of nitrogens with zero attached hydrogens (tertiary/aromatic N) is 2. The van der Waals surface area contributed by atoms with Crippen LogP contribution in [0.15, 0.2) is 45.7 Å². The molecule has 0 spiro atoms. The topological polar surface area (TPSA) is 101 Å². The molecule has 0 aliphatic carbocycles. The molecule has 128 valence electrons. The van der Waals surface area contributed by atoms with Crippen molar-refractivity contribution in [2.75, 3.05) is 5.32 Å². The molecule has 1 amide bonds. The second-order valence-corrected chi connectivity index (χ2v) is 5.10. The van der Waals surface area contributed by atoms with Crippen molar-refractivity contribution in [3.63, 3.8) is 0 Å². The van der Waals surface area contributed by atoms with Gasteiger partial charge in [-0.05, 0) is 18.2 Å². The Hall–Kier alpha value is -3.36. The number of aromatic nitrogens is 3. The smallest absolute Gasteiger partial charge is 0.264 e. The zero-order valence-corrected chi connectivity index (χ0v) is 12.8. The molecule has 3 aromatic rings. The number of carbonyl (C=O) groups excluding carboxylic acids is 1. The summed E-state index contributed by atoms with van der Waals surface area (Å²) < 4.78 is 32.0. The summed E-state index contributed by atoms with van der Waals surface area (Å²) in [4.78, 5) is 26.7. The van der Waals surface area contributed by atoms with Gasteiger partial charge in [-0.15, -0.1) is 0 Å². The van der Waals surface area contributed by atoms with Crippen molar-refractivity contribution in [1.82, 2.24) is 15.2 Å². The Kier molecular flexibility index (Phi) is 4.64. The maximum absolute atomic E-state index is 13.7. The first-order chi connectivity index (χ1) is 12.0. The summed E-state index contributed by atoms with van der Waals surface area (Å²) in [5.41, 5.74) is -0.291. The molecule has 3 rings (SSSR count). The van der Waals surface area contributed by atoms with Gasteiger partial charge in [-0.25, -0.2) is 18.9 Å². The van der Waals surface area contributed by atoms with Gasteiger partial charge in [0.2, 0.25) is 5.91 Å². The molecule has 7 nitrogen and oxygen atoms in total. The Labute approximate surface area is 139 Å². The van der Waals surface area contributed by atoms with Crippen molar-refractivity contribution in [1.29, 1.82) is 0 Å². The molecule has 0 saturated carbocycles. The van der Waals surface area contributed by atoms with Crippen LogP contribution < -0.4 is 10.9 Å². The van der Waals surface area contributed by atoms with Gasteiger partial charge in [0.05, 0.1) is 11.8 Å². The minimum absolute atomic E-state index is 0.0483. The average molecular weight is 346 g/mol. The molecule has 0 atom stereocenters. The van der Waals surface area contributed by atoms with Crippen molar-refractivity contribution in [2.24, 2.45) is 0 Å². The quantitative estimate of drug-likeness (QED) is 0.738. The fourth-order valence-electron chi connectivity index (χ4n) is 2.08. The van der Waals surface area contributed by atoms with Crippen molar-refractivity contribution in [3.05, 3.63) is 64.4 Å². The molecule has 2 N–H and O–H groups in total. The van der Waals surface area contributed by atoms with E-state index in [2.05, 4.69) is 20.5 Å². The van der Waals surface area contributed by atoms with Crippen LogP contribution in [0.2, 0.25) is 0 Å². The van der Waals surface area contributed by atoms with E-state index in [0.717, 1.165) is 12.1 Å². The molecule has 1 aromatic carbocycles. The highest BCUT2D eigenvalue weighted by atomic mass is 19.1. The van der Waals surface area contributed by atoms with Gasteiger partial charge >= 0.3 is 0 Å². The summed E-state index contributed by atoms with van der Waals surface area (Å²) in [6.45, 7) is 0. The van der Waals surface area contributed by atoms with Gasteiger partial charge in [0.25, 0.3) is 5.56 Å². The maximum Gasteiger partial charge on any atom is 0.264 e. The molecule has 0 fully saturated rings. The predicted octanol–water partition coefficient (Wildman–Crippen LogP) is 2.27. The lowest BCUT2D eigenvalue weighted by atomic mass is 10.2. The number of H-pyrrole nitrogens is 1. The van der Waals surface area contributed by atoms with Crippen LogP contribution in [-0.2, 0) is 11.2 Å². The third-order valence-corrected chi connectivity index (χ3v) is 3.26. The third kappa shape index (κ3) is 4.14. The highest BCUT2D eigenvalue weighted by Gasteiger charge is 2.13. The predicted molar refractivity (Wildman–Crippen MR) is 83.7 cm³/mol. The second kappa shape index (κ2) is 7.04. The van der Waals surface area contributed by atoms with E-state index in [1.54, 1.807) is 0 Å². The normalized spacial score (nSPS) is 10.6. The van der Waals surface area contributed by atoms with Crippen molar-refractivity contribution < 1.29 is 18.0 Å². The van der Waals surface area contributed by atoms with Crippen LogP contribution in [0.1, 0.15) is 12.3 Å². The first kappa shape index (κ1) is 16.5. The molecule has 0 bridgehead atoms. The third-order valence-electron chi connectivity index (χ3n) is 3.26. The van der Waals surface area contributed by atoms with Crippen molar-refractivity contribution >= 4 is 11.7 Å². The van der Waals surface area contributed by atoms with Gasteiger partial charge in [-0.3, -0.25) is 9.59 Å². The number of amides is 1. The Bertz CT molecular complexity index is 948. The van der Waals surface area contributed by atoms with E-state index in [-0.39, 0.29) is 47.3 Å². The number of aromatic amines is 1. The monoisotopic (exact) mass is 346 g/mol. The van der Waals surface area contributed by atoms with Crippen LogP contribution in [0.4, 0.5) is 14.6 Å². The summed E-state index contributed by atoms with van der Waals surface area (Å²) in [5.74, 6) is -1.20. The van der Waals surface area contributed by atoms with E-state index in [1.165, 1.54) is 24.4 Å². The molecular formula is C16H12F2N4O3. The lowest BCUT2D eigenvalue weighted by Gasteiger charge is -2.02. The molecule has 25 heavy (non-hydrogen) atoms. The minimum atomic E-state index is -0.760. The van der Waals surface area contributed by atoms with Crippen LogP contribution in [0.3, 0.4) is 0 Å². The molecule has 0 unspecified atom stereocenters. The lowest BCUT2D eigenvalue weighted by molar-refractivity contribution is -0.116. The maximum atomic E-state index is 13.7. The van der Waals surface area contributed by atoms with Gasteiger partial charge in [0, 0.05) is 25.0 Å². The largest absolute Gasteiger partial charge is 0.441 e. The summed E-state index contributed by atoms with van der Waals surface area (Å²) in [5, 5.41) is 8.35. The second-order valence-electron chi connectivity index (χ2n) is 5.10. The standard InChI is InChI=1S/C16H12F2N4O3/c17-9-1-2-10(11(18)7-9)12-8-19-16(25-12)6-5-14(23)20-13-3-4-15(24)22-21-13/h1-4,7-8H,5-6H2,(H,22,24)(H,20,21,23). The van der Waals surface area contributed by atoms with Gasteiger partial charge in [-0.1, -0.05) is 0 Å². The van der Waals surface area contributed by atoms with E-state index in [1.807, 2.05) is 0 Å². The van der Waals surface area contributed by atoms with Crippen LogP contribution in [-0.4, -0.2) is 21.1 Å². The fourth-order valence-corrected chi connectivity index (χ4v) is 2.08. The first-order valence-corrected chi connectivity index (χ1v) is 7.27. The van der Waals surface area contributed by atoms with Crippen molar-refractivity contribution in [2.45, 2.75) is 12.8 Å². The number of anilines is 1. The Morgan fingerprint density at radius 2 is 2.08 bits per heavy atom. The van der Waals surface area contributed by atoms with E-state index in [9.17, 15) is 18.4 Å². The van der Waals surface area contributed by atoms with Gasteiger partial charge in [0.1, 0.15) is 11.6 Å². The molecule has 0 aliphatic rings. The number of rotatable bonds is 5. The zero-order valence-electron chi connectivity index (χ0n) is 12.8.